The molecule has 0 spiro atoms. The van der Waals surface area contributed by atoms with Crippen LogP contribution >= 0.6 is 0 Å². The van der Waals surface area contributed by atoms with Crippen LogP contribution in [0, 0.1) is 0 Å². The third kappa shape index (κ3) is 2.01. The summed E-state index contributed by atoms with van der Waals surface area (Å²) >= 11 is 0. The lowest BCUT2D eigenvalue weighted by Gasteiger charge is -2.07. The zero-order valence-corrected chi connectivity index (χ0v) is 5.39. The predicted octanol–water partition coefficient (Wildman–Crippen LogP) is -0.0386. The maximum atomic E-state index is 10.7. The average Bonchev–Trinajstić information content (AvgIpc) is 1.93. The van der Waals surface area contributed by atoms with Crippen molar-refractivity contribution in [2.45, 2.75) is 31.8 Å². The van der Waals surface area contributed by atoms with Gasteiger partial charge < -0.3 is 11.1 Å². The maximum absolute atomic E-state index is 10.7. The first-order valence-corrected chi connectivity index (χ1v) is 3.34. The molecule has 0 bridgehead atoms. The Hall–Kier alpha value is -0.570. The van der Waals surface area contributed by atoms with E-state index in [1.165, 1.54) is 0 Å². The Bertz CT molecular complexity index is 114. The fourth-order valence-corrected chi connectivity index (χ4v) is 1.00. The van der Waals surface area contributed by atoms with Crippen molar-refractivity contribution in [2.75, 3.05) is 0 Å². The number of nitrogens with one attached hydrogen (secondary N) is 1. The lowest BCUT2D eigenvalue weighted by molar-refractivity contribution is -0.121. The number of carbonyl (C=O) groups is 1. The van der Waals surface area contributed by atoms with Gasteiger partial charge in [-0.3, -0.25) is 4.79 Å². The summed E-state index contributed by atoms with van der Waals surface area (Å²) in [5.74, 6) is 0.0972. The summed E-state index contributed by atoms with van der Waals surface area (Å²) in [5.41, 5.74) is 5.49. The summed E-state index contributed by atoms with van der Waals surface area (Å²) in [6.45, 7) is 0. The number of amides is 1. The first-order valence-electron chi connectivity index (χ1n) is 3.34. The molecule has 0 aromatic heterocycles. The van der Waals surface area contributed by atoms with Crippen LogP contribution < -0.4 is 11.1 Å². The Morgan fingerprint density at radius 2 is 2.33 bits per heavy atom. The van der Waals surface area contributed by atoms with Crippen LogP contribution in [0.5, 0.6) is 0 Å². The van der Waals surface area contributed by atoms with Crippen molar-refractivity contribution in [1.82, 2.24) is 5.32 Å². The first kappa shape index (κ1) is 6.55. The van der Waals surface area contributed by atoms with Crippen LogP contribution in [0.4, 0.5) is 0 Å². The monoisotopic (exact) mass is 128 g/mol. The van der Waals surface area contributed by atoms with Crippen molar-refractivity contribution < 1.29 is 4.79 Å². The van der Waals surface area contributed by atoms with Gasteiger partial charge in [0.1, 0.15) is 0 Å². The molecule has 9 heavy (non-hydrogen) atoms. The number of hydrogen-bond acceptors (Lipinski definition) is 2. The van der Waals surface area contributed by atoms with E-state index in [0.29, 0.717) is 6.42 Å². The molecule has 3 N–H and O–H groups in total. The van der Waals surface area contributed by atoms with Crippen LogP contribution in [0.1, 0.15) is 25.7 Å². The molecule has 52 valence electrons. The molecule has 1 heterocycles. The SMILES string of the molecule is N[C@H]1CCCCC(=O)N1. The van der Waals surface area contributed by atoms with Crippen LogP contribution in [0.15, 0.2) is 0 Å². The number of hydrogen-bond donors (Lipinski definition) is 2. The van der Waals surface area contributed by atoms with Gasteiger partial charge in [-0.05, 0) is 19.3 Å². The largest absolute Gasteiger partial charge is 0.341 e. The van der Waals surface area contributed by atoms with Crippen molar-refractivity contribution in [3.63, 3.8) is 0 Å². The minimum atomic E-state index is -0.0972. The lowest BCUT2D eigenvalue weighted by Crippen LogP contribution is -2.39. The molecule has 1 rings (SSSR count). The first-order chi connectivity index (χ1) is 4.29. The minimum Gasteiger partial charge on any atom is -0.341 e. The van der Waals surface area contributed by atoms with Crippen molar-refractivity contribution in [1.29, 1.82) is 0 Å². The molecule has 0 aromatic carbocycles. The van der Waals surface area contributed by atoms with E-state index in [1.807, 2.05) is 0 Å². The molecule has 1 amide bonds. The standard InChI is InChI=1S/C6H12N2O/c7-5-3-1-2-4-6(9)8-5/h5H,1-4,7H2,(H,8,9)/t5-/m1/s1. The molecule has 0 aromatic rings. The van der Waals surface area contributed by atoms with E-state index in [1.54, 1.807) is 0 Å². The van der Waals surface area contributed by atoms with Crippen molar-refractivity contribution in [3.05, 3.63) is 0 Å². The topological polar surface area (TPSA) is 55.1 Å². The molecule has 1 fully saturated rings. The van der Waals surface area contributed by atoms with E-state index in [2.05, 4.69) is 5.32 Å². The minimum absolute atomic E-state index is 0.0972. The second-order valence-electron chi connectivity index (χ2n) is 2.42. The lowest BCUT2D eigenvalue weighted by atomic mass is 10.2. The van der Waals surface area contributed by atoms with Crippen LogP contribution in [0.3, 0.4) is 0 Å². The van der Waals surface area contributed by atoms with Crippen molar-refractivity contribution >= 4 is 5.91 Å². The molecule has 3 heteroatoms. The van der Waals surface area contributed by atoms with Crippen molar-refractivity contribution in [3.8, 4) is 0 Å². The summed E-state index contributed by atoms with van der Waals surface area (Å²) in [6, 6.07) is 0. The van der Waals surface area contributed by atoms with E-state index >= 15 is 0 Å². The normalized spacial score (nSPS) is 29.0. The van der Waals surface area contributed by atoms with Crippen molar-refractivity contribution in [2.24, 2.45) is 5.73 Å². The van der Waals surface area contributed by atoms with Crippen LogP contribution in [0.2, 0.25) is 0 Å². The van der Waals surface area contributed by atoms with E-state index in [4.69, 9.17) is 5.73 Å². The number of carbonyl (C=O) groups excluding carboxylic acids is 1. The fourth-order valence-electron chi connectivity index (χ4n) is 1.00. The highest BCUT2D eigenvalue weighted by Crippen LogP contribution is 2.05. The molecule has 0 radical (unpaired) electrons. The van der Waals surface area contributed by atoms with Gasteiger partial charge in [-0.25, -0.2) is 0 Å². The van der Waals surface area contributed by atoms with Gasteiger partial charge >= 0.3 is 0 Å². The molecular formula is C6H12N2O. The van der Waals surface area contributed by atoms with Crippen LogP contribution in [0.25, 0.3) is 0 Å². The average molecular weight is 128 g/mol. The Balaban J connectivity index is 2.37. The highest BCUT2D eigenvalue weighted by Gasteiger charge is 2.10. The van der Waals surface area contributed by atoms with Crippen LogP contribution in [-0.4, -0.2) is 12.1 Å². The zero-order chi connectivity index (χ0) is 6.69. The van der Waals surface area contributed by atoms with Crippen LogP contribution in [-0.2, 0) is 4.79 Å². The molecule has 3 nitrogen and oxygen atoms in total. The Labute approximate surface area is 54.6 Å². The molecule has 1 aliphatic heterocycles. The van der Waals surface area contributed by atoms with Gasteiger partial charge in [0.15, 0.2) is 0 Å². The second kappa shape index (κ2) is 2.82. The quantitative estimate of drug-likeness (QED) is 0.481. The highest BCUT2D eigenvalue weighted by molar-refractivity contribution is 5.76. The van der Waals surface area contributed by atoms with Gasteiger partial charge in [0.2, 0.25) is 5.91 Å². The summed E-state index contributed by atoms with van der Waals surface area (Å²) in [7, 11) is 0. The van der Waals surface area contributed by atoms with E-state index in [0.717, 1.165) is 19.3 Å². The molecule has 1 atom stereocenters. The van der Waals surface area contributed by atoms with E-state index in [9.17, 15) is 4.79 Å². The third-order valence-corrected chi connectivity index (χ3v) is 1.52. The number of rotatable bonds is 0. The molecule has 1 saturated heterocycles. The Morgan fingerprint density at radius 3 is 3.11 bits per heavy atom. The molecular weight excluding hydrogens is 116 g/mol. The molecule has 0 saturated carbocycles. The van der Waals surface area contributed by atoms with E-state index < -0.39 is 0 Å². The summed E-state index contributed by atoms with van der Waals surface area (Å²) in [4.78, 5) is 10.7. The van der Waals surface area contributed by atoms with Gasteiger partial charge in [-0.15, -0.1) is 0 Å². The molecule has 0 aliphatic carbocycles. The Morgan fingerprint density at radius 1 is 1.56 bits per heavy atom. The predicted molar refractivity (Wildman–Crippen MR) is 34.6 cm³/mol. The Kier molecular flexibility index (Phi) is 2.05. The molecule has 0 unspecified atom stereocenters. The summed E-state index contributed by atoms with van der Waals surface area (Å²) in [5, 5.41) is 2.68. The van der Waals surface area contributed by atoms with Gasteiger partial charge in [-0.1, -0.05) is 0 Å². The van der Waals surface area contributed by atoms with Gasteiger partial charge in [0.25, 0.3) is 0 Å². The molecule has 1 aliphatic rings. The fraction of sp³-hybridized carbons (Fsp3) is 0.833. The summed E-state index contributed by atoms with van der Waals surface area (Å²) < 4.78 is 0. The summed E-state index contributed by atoms with van der Waals surface area (Å²) in [6.07, 6.45) is 3.53. The number of nitrogens with two attached hydrogens (primary N) is 1. The highest BCUT2D eigenvalue weighted by atomic mass is 16.1. The van der Waals surface area contributed by atoms with Gasteiger partial charge in [-0.2, -0.15) is 0 Å². The smallest absolute Gasteiger partial charge is 0.221 e. The second-order valence-corrected chi connectivity index (χ2v) is 2.42. The third-order valence-electron chi connectivity index (χ3n) is 1.52. The maximum Gasteiger partial charge on any atom is 0.221 e. The van der Waals surface area contributed by atoms with Gasteiger partial charge in [0, 0.05) is 6.42 Å². The van der Waals surface area contributed by atoms with E-state index in [-0.39, 0.29) is 12.1 Å². The zero-order valence-electron chi connectivity index (χ0n) is 5.39. The van der Waals surface area contributed by atoms with Gasteiger partial charge in [0.05, 0.1) is 6.17 Å².